The maximum absolute atomic E-state index is 12.4. The number of hydrogen-bond donors (Lipinski definition) is 2. The zero-order chi connectivity index (χ0) is 23.6. The maximum Gasteiger partial charge on any atom is 0.305 e. The lowest BCUT2D eigenvalue weighted by molar-refractivity contribution is -0.119. The summed E-state index contributed by atoms with van der Waals surface area (Å²) >= 11 is 7.50. The van der Waals surface area contributed by atoms with Gasteiger partial charge in [0, 0.05) is 5.02 Å². The van der Waals surface area contributed by atoms with Crippen molar-refractivity contribution in [2.24, 2.45) is 0 Å². The molecule has 174 valence electrons. The Balaban J connectivity index is 1.54. The fourth-order valence-corrected chi connectivity index (χ4v) is 4.50. The molecule has 3 aromatic rings. The topological polar surface area (TPSA) is 74.6 Å². The molecule has 0 aliphatic heterocycles. The molecule has 1 unspecified atom stereocenters. The van der Waals surface area contributed by atoms with Gasteiger partial charge < -0.3 is 4.42 Å². The number of hydrazine groups is 1. The fraction of sp³-hybridized carbons (Fsp3) is 0.280. The monoisotopic (exact) mass is 485 g/mol. The number of carbonyl (C=O) groups excluding carboxylic acids is 2. The molecule has 0 aliphatic rings. The Morgan fingerprint density at radius 2 is 1.61 bits per heavy atom. The van der Waals surface area contributed by atoms with Gasteiger partial charge in [-0.2, -0.15) is 0 Å². The fourth-order valence-electron chi connectivity index (χ4n) is 3.29. The maximum atomic E-state index is 12.4. The third-order valence-corrected chi connectivity index (χ3v) is 6.69. The molecule has 1 heterocycles. The lowest BCUT2D eigenvalue weighted by Gasteiger charge is -2.18. The lowest BCUT2D eigenvalue weighted by Crippen LogP contribution is -2.42. The van der Waals surface area contributed by atoms with Crippen molar-refractivity contribution in [1.82, 2.24) is 15.8 Å². The van der Waals surface area contributed by atoms with E-state index in [0.717, 1.165) is 24.2 Å². The molecule has 8 heteroatoms. The summed E-state index contributed by atoms with van der Waals surface area (Å²) in [4.78, 5) is 27.0. The second kappa shape index (κ2) is 12.5. The molecule has 0 saturated heterocycles. The molecule has 3 rings (SSSR count). The molecular formula is C25H28ClN3O3S. The molecule has 6 nitrogen and oxygen atoms in total. The Labute approximate surface area is 203 Å². The van der Waals surface area contributed by atoms with Gasteiger partial charge in [-0.3, -0.25) is 25.3 Å². The quantitative estimate of drug-likeness (QED) is 0.393. The van der Waals surface area contributed by atoms with Crippen molar-refractivity contribution >= 4 is 35.2 Å². The van der Waals surface area contributed by atoms with Gasteiger partial charge in [0.2, 0.25) is 5.91 Å². The number of benzene rings is 2. The van der Waals surface area contributed by atoms with Gasteiger partial charge in [0.05, 0.1) is 17.5 Å². The number of thioether (sulfide) groups is 1. The van der Waals surface area contributed by atoms with Crippen molar-refractivity contribution < 1.29 is 14.0 Å². The summed E-state index contributed by atoms with van der Waals surface area (Å²) in [5.74, 6) is 0.232. The van der Waals surface area contributed by atoms with E-state index in [1.807, 2.05) is 54.6 Å². The molecule has 0 aliphatic carbocycles. The van der Waals surface area contributed by atoms with E-state index in [4.69, 9.17) is 16.0 Å². The van der Waals surface area contributed by atoms with E-state index in [9.17, 15) is 9.59 Å². The highest BCUT2D eigenvalue weighted by molar-refractivity contribution is 8.00. The Hall–Kier alpha value is -2.74. The molecule has 2 amide bonds. The van der Waals surface area contributed by atoms with E-state index < -0.39 is 5.91 Å². The molecule has 1 aromatic heterocycles. The molecular weight excluding hydrogens is 458 g/mol. The first-order chi connectivity index (χ1) is 16.0. The molecule has 1 atom stereocenters. The van der Waals surface area contributed by atoms with Crippen molar-refractivity contribution in [3.63, 3.8) is 0 Å². The largest absolute Gasteiger partial charge is 0.454 e. The van der Waals surface area contributed by atoms with Crippen molar-refractivity contribution in [3.8, 4) is 0 Å². The van der Waals surface area contributed by atoms with Crippen LogP contribution in [0.25, 0.3) is 0 Å². The molecule has 2 N–H and O–H groups in total. The van der Waals surface area contributed by atoms with Crippen LogP contribution in [0.5, 0.6) is 0 Å². The van der Waals surface area contributed by atoms with Crippen molar-refractivity contribution in [2.75, 3.05) is 18.8 Å². The lowest BCUT2D eigenvalue weighted by atomic mass is 10.0. The average Bonchev–Trinajstić information content (AvgIpc) is 3.31. The zero-order valence-corrected chi connectivity index (χ0v) is 20.3. The van der Waals surface area contributed by atoms with Gasteiger partial charge in [-0.25, -0.2) is 0 Å². The minimum Gasteiger partial charge on any atom is -0.454 e. The van der Waals surface area contributed by atoms with Crippen molar-refractivity contribution in [3.05, 3.63) is 94.4 Å². The Morgan fingerprint density at radius 1 is 0.939 bits per heavy atom. The standard InChI is InChI=1S/C25H28ClN3O3S/c1-3-29(4-2)16-21-14-15-22(32-21)25(31)28-27-23(30)17-33-24(18-8-6-5-7-9-18)19-10-12-20(26)13-11-19/h5-15,24H,3-4,16-17H2,1-2H3,(H,27,30)(H,28,31). The average molecular weight is 486 g/mol. The number of rotatable bonds is 10. The van der Waals surface area contributed by atoms with Crippen LogP contribution in [-0.2, 0) is 11.3 Å². The minimum absolute atomic E-state index is 0.0439. The van der Waals surface area contributed by atoms with Crippen LogP contribution < -0.4 is 10.9 Å². The Morgan fingerprint density at radius 3 is 2.27 bits per heavy atom. The molecule has 0 spiro atoms. The second-order valence-corrected chi connectivity index (χ2v) is 8.91. The highest BCUT2D eigenvalue weighted by atomic mass is 35.5. The summed E-state index contributed by atoms with van der Waals surface area (Å²) in [6.45, 7) is 6.57. The zero-order valence-electron chi connectivity index (χ0n) is 18.7. The summed E-state index contributed by atoms with van der Waals surface area (Å²) in [5.41, 5.74) is 7.02. The van der Waals surface area contributed by atoms with Gasteiger partial charge in [-0.1, -0.05) is 67.9 Å². The first kappa shape index (κ1) is 24.9. The van der Waals surface area contributed by atoms with Crippen molar-refractivity contribution in [2.45, 2.75) is 25.6 Å². The predicted molar refractivity (Wildman–Crippen MR) is 133 cm³/mol. The van der Waals surface area contributed by atoms with Crippen LogP contribution in [0.3, 0.4) is 0 Å². The molecule has 0 radical (unpaired) electrons. The summed E-state index contributed by atoms with van der Waals surface area (Å²) in [5, 5.41) is 0.617. The second-order valence-electron chi connectivity index (χ2n) is 7.38. The first-order valence-electron chi connectivity index (χ1n) is 10.8. The first-order valence-corrected chi connectivity index (χ1v) is 12.2. The number of nitrogens with zero attached hydrogens (tertiary/aromatic N) is 1. The Kier molecular flexibility index (Phi) is 9.42. The summed E-state index contributed by atoms with van der Waals surface area (Å²) in [7, 11) is 0. The SMILES string of the molecule is CCN(CC)Cc1ccc(C(=O)NNC(=O)CSC(c2ccccc2)c2ccc(Cl)cc2)o1. The highest BCUT2D eigenvalue weighted by Gasteiger charge is 2.18. The van der Waals surface area contributed by atoms with E-state index in [1.54, 1.807) is 12.1 Å². The van der Waals surface area contributed by atoms with Gasteiger partial charge in [0.25, 0.3) is 0 Å². The van der Waals surface area contributed by atoms with Gasteiger partial charge >= 0.3 is 5.91 Å². The summed E-state index contributed by atoms with van der Waals surface area (Å²) in [6.07, 6.45) is 0. The van der Waals surface area contributed by atoms with Crippen LogP contribution in [0.1, 0.15) is 46.5 Å². The van der Waals surface area contributed by atoms with Crippen LogP contribution in [0.4, 0.5) is 0 Å². The number of hydrogen-bond acceptors (Lipinski definition) is 5. The van der Waals surface area contributed by atoms with Crippen molar-refractivity contribution in [1.29, 1.82) is 0 Å². The number of nitrogens with one attached hydrogen (secondary N) is 2. The number of amides is 2. The molecule has 2 aromatic carbocycles. The number of carbonyl (C=O) groups is 2. The number of halogens is 1. The van der Waals surface area contributed by atoms with E-state index >= 15 is 0 Å². The van der Waals surface area contributed by atoms with Crippen LogP contribution >= 0.6 is 23.4 Å². The van der Waals surface area contributed by atoms with Gasteiger partial charge in [-0.05, 0) is 48.5 Å². The van der Waals surface area contributed by atoms with Gasteiger partial charge in [-0.15, -0.1) is 11.8 Å². The van der Waals surface area contributed by atoms with E-state index in [2.05, 4.69) is 29.6 Å². The van der Waals surface area contributed by atoms with Gasteiger partial charge in [0.15, 0.2) is 5.76 Å². The van der Waals surface area contributed by atoms with Crippen LogP contribution in [0, 0.1) is 0 Å². The molecule has 0 bridgehead atoms. The van der Waals surface area contributed by atoms with Crippen LogP contribution in [-0.4, -0.2) is 35.6 Å². The molecule has 33 heavy (non-hydrogen) atoms. The van der Waals surface area contributed by atoms with E-state index in [-0.39, 0.29) is 22.7 Å². The minimum atomic E-state index is -0.489. The predicted octanol–water partition coefficient (Wildman–Crippen LogP) is 5.06. The molecule has 0 fully saturated rings. The smallest absolute Gasteiger partial charge is 0.305 e. The normalized spacial score (nSPS) is 11.9. The molecule has 0 saturated carbocycles. The van der Waals surface area contributed by atoms with E-state index in [1.165, 1.54) is 11.8 Å². The third-order valence-electron chi connectivity index (χ3n) is 5.13. The van der Waals surface area contributed by atoms with Gasteiger partial charge in [0.1, 0.15) is 5.76 Å². The number of furan rings is 1. The summed E-state index contributed by atoms with van der Waals surface area (Å²) in [6, 6.07) is 20.9. The third kappa shape index (κ3) is 7.39. The van der Waals surface area contributed by atoms with Crippen LogP contribution in [0.15, 0.2) is 71.1 Å². The highest BCUT2D eigenvalue weighted by Crippen LogP contribution is 2.35. The van der Waals surface area contributed by atoms with Crippen LogP contribution in [0.2, 0.25) is 5.02 Å². The summed E-state index contributed by atoms with van der Waals surface area (Å²) < 4.78 is 5.61. The Bertz CT molecular complexity index is 1040. The van der Waals surface area contributed by atoms with E-state index in [0.29, 0.717) is 17.3 Å².